The molecule has 2 heterocycles. The largest absolute Gasteiger partial charge is 0.493 e. The van der Waals surface area contributed by atoms with Gasteiger partial charge in [0.25, 0.3) is 0 Å². The summed E-state index contributed by atoms with van der Waals surface area (Å²) in [7, 11) is 4.72. The Balaban J connectivity index is 1.66. The number of Topliss-reactive ketones (excluding diaryl/α,β-unsaturated/α-hetero) is 1. The normalized spacial score (nSPS) is 19.7. The van der Waals surface area contributed by atoms with E-state index < -0.39 is 6.04 Å². The molecular formula is C24H24N4O4. The molecule has 0 bridgehead atoms. The highest BCUT2D eigenvalue weighted by molar-refractivity contribution is 6.00. The average Bonchev–Trinajstić information content (AvgIpc) is 3.30. The van der Waals surface area contributed by atoms with E-state index in [2.05, 4.69) is 27.5 Å². The van der Waals surface area contributed by atoms with E-state index in [-0.39, 0.29) is 11.7 Å². The second-order valence-corrected chi connectivity index (χ2v) is 7.81. The lowest BCUT2D eigenvalue weighted by Gasteiger charge is -2.35. The predicted octanol–water partition coefficient (Wildman–Crippen LogP) is 3.72. The number of hydrogen-bond donors (Lipinski definition) is 1. The molecule has 8 nitrogen and oxygen atoms in total. The number of rotatable bonds is 5. The molecule has 0 saturated heterocycles. The number of nitrogens with one attached hydrogen (secondary N) is 1. The number of methoxy groups -OCH3 is 3. The number of benzene rings is 2. The molecule has 0 amide bonds. The minimum atomic E-state index is -0.484. The highest BCUT2D eigenvalue weighted by Crippen LogP contribution is 2.49. The van der Waals surface area contributed by atoms with E-state index in [0.717, 1.165) is 16.8 Å². The molecule has 0 radical (unpaired) electrons. The van der Waals surface area contributed by atoms with Crippen LogP contribution in [0.5, 0.6) is 17.2 Å². The fourth-order valence-corrected chi connectivity index (χ4v) is 4.74. The summed E-state index contributed by atoms with van der Waals surface area (Å²) in [5, 5.41) is 7.77. The summed E-state index contributed by atoms with van der Waals surface area (Å²) in [5.41, 5.74) is 3.47. The van der Waals surface area contributed by atoms with Crippen molar-refractivity contribution in [3.05, 3.63) is 71.2 Å². The lowest BCUT2D eigenvalue weighted by Crippen LogP contribution is -2.33. The number of carbonyl (C=O) groups is 1. The Morgan fingerprint density at radius 1 is 0.969 bits per heavy atom. The van der Waals surface area contributed by atoms with Crippen LogP contribution >= 0.6 is 0 Å². The monoisotopic (exact) mass is 432 g/mol. The molecule has 0 unspecified atom stereocenters. The zero-order valence-electron chi connectivity index (χ0n) is 18.2. The number of hydrogen-bond acceptors (Lipinski definition) is 7. The summed E-state index contributed by atoms with van der Waals surface area (Å²) in [6.45, 7) is 0. The smallest absolute Gasteiger partial charge is 0.226 e. The maximum atomic E-state index is 13.5. The molecule has 0 saturated carbocycles. The van der Waals surface area contributed by atoms with Crippen molar-refractivity contribution in [3.8, 4) is 17.2 Å². The maximum Gasteiger partial charge on any atom is 0.226 e. The summed E-state index contributed by atoms with van der Waals surface area (Å²) < 4.78 is 18.5. The van der Waals surface area contributed by atoms with E-state index >= 15 is 0 Å². The molecule has 32 heavy (non-hydrogen) atoms. The molecule has 2 atom stereocenters. The van der Waals surface area contributed by atoms with Crippen LogP contribution in [0.4, 0.5) is 5.95 Å². The third kappa shape index (κ3) is 3.10. The van der Waals surface area contributed by atoms with Gasteiger partial charge in [0, 0.05) is 23.3 Å². The van der Waals surface area contributed by atoms with Crippen molar-refractivity contribution < 1.29 is 19.0 Å². The van der Waals surface area contributed by atoms with Crippen LogP contribution in [0.3, 0.4) is 0 Å². The second kappa shape index (κ2) is 8.03. The average molecular weight is 432 g/mol. The minimum absolute atomic E-state index is 0.0793. The molecule has 8 heteroatoms. The molecule has 0 fully saturated rings. The van der Waals surface area contributed by atoms with Gasteiger partial charge in [0.05, 0.1) is 21.3 Å². The van der Waals surface area contributed by atoms with Gasteiger partial charge in [-0.3, -0.25) is 4.79 Å². The Morgan fingerprint density at radius 2 is 1.75 bits per heavy atom. The molecule has 1 N–H and O–H groups in total. The van der Waals surface area contributed by atoms with Gasteiger partial charge in [-0.1, -0.05) is 30.3 Å². The summed E-state index contributed by atoms with van der Waals surface area (Å²) in [6.07, 6.45) is 2.63. The Morgan fingerprint density at radius 3 is 2.47 bits per heavy atom. The first-order valence-electron chi connectivity index (χ1n) is 10.4. The van der Waals surface area contributed by atoms with E-state index in [4.69, 9.17) is 14.2 Å². The number of ether oxygens (including phenoxy) is 3. The van der Waals surface area contributed by atoms with Crippen LogP contribution in [0.15, 0.2) is 60.1 Å². The predicted molar refractivity (Wildman–Crippen MR) is 118 cm³/mol. The summed E-state index contributed by atoms with van der Waals surface area (Å²) in [4.78, 5) is 17.9. The first kappa shape index (κ1) is 20.1. The number of nitrogens with zero attached hydrogens (tertiary/aromatic N) is 3. The standard InChI is InChI=1S/C24H24N4O4/c1-30-19-10-9-16(22(31-2)23(19)32-3)21-20-17(27-24-25-13-26-28(21)24)11-15(12-18(20)29)14-7-5-4-6-8-14/h4-10,13,15,21H,11-12H2,1-3H3,(H,25,26,27)/t15-,21+/m1/s1. The number of fused-ring (bicyclic) bond motifs is 1. The van der Waals surface area contributed by atoms with Crippen molar-refractivity contribution in [3.63, 3.8) is 0 Å². The third-order valence-corrected chi connectivity index (χ3v) is 6.16. The number of allylic oxidation sites excluding steroid dienone is 2. The molecule has 3 aromatic rings. The van der Waals surface area contributed by atoms with Gasteiger partial charge in [-0.25, -0.2) is 4.68 Å². The Bertz CT molecular complexity index is 1200. The Labute approximate surface area is 185 Å². The van der Waals surface area contributed by atoms with E-state index in [1.807, 2.05) is 30.3 Å². The van der Waals surface area contributed by atoms with Crippen LogP contribution in [0.1, 0.15) is 35.9 Å². The van der Waals surface area contributed by atoms with Crippen LogP contribution in [0.25, 0.3) is 0 Å². The maximum absolute atomic E-state index is 13.5. The zero-order valence-corrected chi connectivity index (χ0v) is 18.2. The molecule has 1 aromatic heterocycles. The van der Waals surface area contributed by atoms with Crippen molar-refractivity contribution in [1.29, 1.82) is 0 Å². The quantitative estimate of drug-likeness (QED) is 0.657. The number of anilines is 1. The SMILES string of the molecule is COc1ccc([C@H]2C3=C(C[C@@H](c4ccccc4)CC3=O)Nc3ncnn32)c(OC)c1OC. The number of carbonyl (C=O) groups excluding carboxylic acids is 1. The third-order valence-electron chi connectivity index (χ3n) is 6.16. The molecule has 1 aliphatic heterocycles. The van der Waals surface area contributed by atoms with Gasteiger partial charge < -0.3 is 19.5 Å². The second-order valence-electron chi connectivity index (χ2n) is 7.81. The minimum Gasteiger partial charge on any atom is -0.493 e. The highest BCUT2D eigenvalue weighted by Gasteiger charge is 2.41. The molecular weight excluding hydrogens is 408 g/mol. The lowest BCUT2D eigenvalue weighted by atomic mass is 9.77. The lowest BCUT2D eigenvalue weighted by molar-refractivity contribution is -0.116. The molecule has 2 aliphatic rings. The zero-order chi connectivity index (χ0) is 22.2. The van der Waals surface area contributed by atoms with Gasteiger partial charge in [-0.05, 0) is 30.0 Å². The van der Waals surface area contributed by atoms with Crippen LogP contribution in [0, 0.1) is 0 Å². The van der Waals surface area contributed by atoms with Crippen molar-refractivity contribution in [2.75, 3.05) is 26.6 Å². The van der Waals surface area contributed by atoms with Crippen molar-refractivity contribution >= 4 is 11.7 Å². The molecule has 164 valence electrons. The van der Waals surface area contributed by atoms with Crippen molar-refractivity contribution in [2.45, 2.75) is 24.8 Å². The van der Waals surface area contributed by atoms with Gasteiger partial charge in [-0.15, -0.1) is 0 Å². The molecule has 5 rings (SSSR count). The van der Waals surface area contributed by atoms with Crippen LogP contribution in [-0.4, -0.2) is 41.9 Å². The van der Waals surface area contributed by atoms with Gasteiger partial charge in [0.15, 0.2) is 17.3 Å². The number of aromatic nitrogens is 3. The van der Waals surface area contributed by atoms with Crippen LogP contribution < -0.4 is 19.5 Å². The molecule has 2 aromatic carbocycles. The number of ketones is 1. The Kier molecular flexibility index (Phi) is 5.05. The Hall–Kier alpha value is -3.81. The van der Waals surface area contributed by atoms with Crippen molar-refractivity contribution in [2.24, 2.45) is 0 Å². The van der Waals surface area contributed by atoms with Gasteiger partial charge in [-0.2, -0.15) is 10.1 Å². The van der Waals surface area contributed by atoms with Gasteiger partial charge in [0.2, 0.25) is 11.7 Å². The summed E-state index contributed by atoms with van der Waals surface area (Å²) in [5.74, 6) is 2.31. The van der Waals surface area contributed by atoms with E-state index in [9.17, 15) is 4.79 Å². The highest BCUT2D eigenvalue weighted by atomic mass is 16.5. The van der Waals surface area contributed by atoms with E-state index in [1.165, 1.54) is 6.33 Å². The summed E-state index contributed by atoms with van der Waals surface area (Å²) in [6, 6.07) is 13.4. The van der Waals surface area contributed by atoms with Gasteiger partial charge >= 0.3 is 0 Å². The first-order valence-corrected chi connectivity index (χ1v) is 10.4. The van der Waals surface area contributed by atoms with Gasteiger partial charge in [0.1, 0.15) is 12.4 Å². The summed E-state index contributed by atoms with van der Waals surface area (Å²) >= 11 is 0. The first-order chi connectivity index (χ1) is 15.7. The van der Waals surface area contributed by atoms with Crippen LogP contribution in [-0.2, 0) is 4.79 Å². The van der Waals surface area contributed by atoms with E-state index in [0.29, 0.717) is 41.6 Å². The molecule has 1 aliphatic carbocycles. The van der Waals surface area contributed by atoms with Crippen molar-refractivity contribution in [1.82, 2.24) is 14.8 Å². The molecule has 0 spiro atoms. The van der Waals surface area contributed by atoms with Crippen LogP contribution in [0.2, 0.25) is 0 Å². The fraction of sp³-hybridized carbons (Fsp3) is 0.292. The topological polar surface area (TPSA) is 87.5 Å². The fourth-order valence-electron chi connectivity index (χ4n) is 4.74. The van der Waals surface area contributed by atoms with E-state index in [1.54, 1.807) is 26.0 Å².